The fraction of sp³-hybridized carbons (Fsp3) is 0.647. The van der Waals surface area contributed by atoms with Gasteiger partial charge in [0.1, 0.15) is 7.05 Å². The monoisotopic (exact) mass is 275 g/mol. The molecule has 0 saturated heterocycles. The van der Waals surface area contributed by atoms with Crippen LogP contribution in [0.25, 0.3) is 0 Å². The third-order valence-corrected chi connectivity index (χ3v) is 4.16. The zero-order valence-electron chi connectivity index (χ0n) is 13.2. The SMILES string of the molecule is C[n+]1ccccc1C(=O)N(C1CCCCC1)C(C)(C)C. The van der Waals surface area contributed by atoms with Gasteiger partial charge in [-0.25, -0.2) is 0 Å². The molecule has 0 aromatic carbocycles. The quantitative estimate of drug-likeness (QED) is 0.761. The molecule has 1 amide bonds. The maximum absolute atomic E-state index is 13.0. The smallest absolute Gasteiger partial charge is 0.319 e. The molecule has 1 aliphatic rings. The molecule has 0 aliphatic heterocycles. The first-order valence-electron chi connectivity index (χ1n) is 7.69. The summed E-state index contributed by atoms with van der Waals surface area (Å²) in [4.78, 5) is 15.1. The molecule has 1 aliphatic carbocycles. The fourth-order valence-corrected chi connectivity index (χ4v) is 3.23. The summed E-state index contributed by atoms with van der Waals surface area (Å²) in [5.74, 6) is 0.160. The highest BCUT2D eigenvalue weighted by Gasteiger charge is 2.37. The van der Waals surface area contributed by atoms with Crippen LogP contribution in [0, 0.1) is 0 Å². The lowest BCUT2D eigenvalue weighted by molar-refractivity contribution is -0.673. The third-order valence-electron chi connectivity index (χ3n) is 4.16. The van der Waals surface area contributed by atoms with E-state index in [4.69, 9.17) is 0 Å². The minimum atomic E-state index is -0.137. The van der Waals surface area contributed by atoms with Crippen molar-refractivity contribution in [3.8, 4) is 0 Å². The maximum atomic E-state index is 13.0. The summed E-state index contributed by atoms with van der Waals surface area (Å²) in [5.41, 5.74) is 0.634. The number of amides is 1. The normalized spacial score (nSPS) is 17.0. The highest BCUT2D eigenvalue weighted by atomic mass is 16.2. The number of hydrogen-bond acceptors (Lipinski definition) is 1. The number of nitrogens with zero attached hydrogens (tertiary/aromatic N) is 2. The highest BCUT2D eigenvalue weighted by Crippen LogP contribution is 2.29. The molecule has 0 N–H and O–H groups in total. The Balaban J connectivity index is 2.31. The number of rotatable bonds is 2. The van der Waals surface area contributed by atoms with E-state index in [1.165, 1.54) is 19.3 Å². The van der Waals surface area contributed by atoms with Crippen molar-refractivity contribution >= 4 is 5.91 Å². The van der Waals surface area contributed by atoms with Gasteiger partial charge in [-0.2, -0.15) is 4.57 Å². The van der Waals surface area contributed by atoms with Gasteiger partial charge >= 0.3 is 5.91 Å². The molecule has 0 spiro atoms. The average Bonchev–Trinajstić information content (AvgIpc) is 2.39. The lowest BCUT2D eigenvalue weighted by atomic mass is 9.90. The van der Waals surface area contributed by atoms with Gasteiger partial charge in [-0.3, -0.25) is 4.79 Å². The van der Waals surface area contributed by atoms with E-state index in [1.807, 2.05) is 36.0 Å². The van der Waals surface area contributed by atoms with E-state index in [2.05, 4.69) is 25.7 Å². The Kier molecular flexibility index (Phi) is 4.46. The Morgan fingerprint density at radius 3 is 2.40 bits per heavy atom. The lowest BCUT2D eigenvalue weighted by Crippen LogP contribution is -2.55. The van der Waals surface area contributed by atoms with Gasteiger partial charge in [-0.05, 0) is 39.7 Å². The molecule has 0 radical (unpaired) electrons. The van der Waals surface area contributed by atoms with Crippen molar-refractivity contribution in [1.82, 2.24) is 4.90 Å². The van der Waals surface area contributed by atoms with Crippen molar-refractivity contribution < 1.29 is 9.36 Å². The van der Waals surface area contributed by atoms with Gasteiger partial charge in [0.25, 0.3) is 5.69 Å². The number of aromatic nitrogens is 1. The lowest BCUT2D eigenvalue weighted by Gasteiger charge is -2.42. The zero-order chi connectivity index (χ0) is 14.8. The zero-order valence-corrected chi connectivity index (χ0v) is 13.2. The van der Waals surface area contributed by atoms with Crippen LogP contribution >= 0.6 is 0 Å². The van der Waals surface area contributed by atoms with Crippen LogP contribution in [0.2, 0.25) is 0 Å². The summed E-state index contributed by atoms with van der Waals surface area (Å²) < 4.78 is 1.92. The highest BCUT2D eigenvalue weighted by molar-refractivity contribution is 5.91. The predicted octanol–water partition coefficient (Wildman–Crippen LogP) is 3.08. The van der Waals surface area contributed by atoms with E-state index in [1.54, 1.807) is 0 Å². The molecule has 0 unspecified atom stereocenters. The van der Waals surface area contributed by atoms with Crippen LogP contribution in [0.5, 0.6) is 0 Å². The molecule has 1 aromatic rings. The third kappa shape index (κ3) is 3.20. The van der Waals surface area contributed by atoms with Crippen LogP contribution in [-0.4, -0.2) is 22.4 Å². The van der Waals surface area contributed by atoms with Gasteiger partial charge in [-0.15, -0.1) is 0 Å². The first kappa shape index (κ1) is 15.0. The van der Waals surface area contributed by atoms with Crippen LogP contribution in [0.15, 0.2) is 24.4 Å². The Labute approximate surface area is 122 Å². The van der Waals surface area contributed by atoms with Crippen LogP contribution in [0.1, 0.15) is 63.4 Å². The minimum absolute atomic E-state index is 0.137. The van der Waals surface area contributed by atoms with Crippen molar-refractivity contribution in [2.24, 2.45) is 7.05 Å². The second-order valence-electron chi connectivity index (χ2n) is 6.83. The van der Waals surface area contributed by atoms with Gasteiger partial charge in [0, 0.05) is 23.7 Å². The largest absolute Gasteiger partial charge is 0.326 e. The Morgan fingerprint density at radius 1 is 1.20 bits per heavy atom. The molecular formula is C17H27N2O+. The Morgan fingerprint density at radius 2 is 1.85 bits per heavy atom. The molecule has 20 heavy (non-hydrogen) atoms. The Bertz CT molecular complexity index is 470. The topological polar surface area (TPSA) is 24.2 Å². The molecule has 1 heterocycles. The summed E-state index contributed by atoms with van der Waals surface area (Å²) in [5, 5.41) is 0. The molecule has 0 bridgehead atoms. The van der Waals surface area contributed by atoms with Crippen molar-refractivity contribution in [3.63, 3.8) is 0 Å². The molecule has 110 valence electrons. The molecule has 3 nitrogen and oxygen atoms in total. The second kappa shape index (κ2) is 5.94. The van der Waals surface area contributed by atoms with Crippen molar-refractivity contribution in [2.45, 2.75) is 64.5 Å². The molecule has 1 aromatic heterocycles. The van der Waals surface area contributed by atoms with Crippen LogP contribution in [-0.2, 0) is 7.05 Å². The Hall–Kier alpha value is -1.38. The number of hydrogen-bond donors (Lipinski definition) is 0. The standard InChI is InChI=1S/C17H27N2O/c1-17(2,3)19(14-10-6-5-7-11-14)16(20)15-12-8-9-13-18(15)4/h8-9,12-14H,5-7,10-11H2,1-4H3/q+1. The van der Waals surface area contributed by atoms with Gasteiger partial charge < -0.3 is 4.90 Å². The molecule has 2 rings (SSSR count). The van der Waals surface area contributed by atoms with Crippen molar-refractivity contribution in [3.05, 3.63) is 30.1 Å². The van der Waals surface area contributed by atoms with E-state index in [9.17, 15) is 4.79 Å². The second-order valence-corrected chi connectivity index (χ2v) is 6.83. The van der Waals surface area contributed by atoms with Crippen molar-refractivity contribution in [2.75, 3.05) is 0 Å². The van der Waals surface area contributed by atoms with Crippen LogP contribution in [0.3, 0.4) is 0 Å². The summed E-state index contributed by atoms with van der Waals surface area (Å²) in [6.07, 6.45) is 8.01. The van der Waals surface area contributed by atoms with Crippen LogP contribution in [0.4, 0.5) is 0 Å². The van der Waals surface area contributed by atoms with E-state index in [-0.39, 0.29) is 11.4 Å². The predicted molar refractivity (Wildman–Crippen MR) is 80.4 cm³/mol. The number of aryl methyl sites for hydroxylation is 1. The van der Waals surface area contributed by atoms with Gasteiger partial charge in [0.15, 0.2) is 6.20 Å². The van der Waals surface area contributed by atoms with Crippen LogP contribution < -0.4 is 4.57 Å². The number of pyridine rings is 1. The van der Waals surface area contributed by atoms with E-state index in [0.29, 0.717) is 6.04 Å². The van der Waals surface area contributed by atoms with E-state index < -0.39 is 0 Å². The van der Waals surface area contributed by atoms with E-state index in [0.717, 1.165) is 18.5 Å². The maximum Gasteiger partial charge on any atom is 0.319 e. The summed E-state index contributed by atoms with van der Waals surface area (Å²) in [7, 11) is 1.94. The summed E-state index contributed by atoms with van der Waals surface area (Å²) in [6.45, 7) is 6.42. The summed E-state index contributed by atoms with van der Waals surface area (Å²) in [6, 6.07) is 6.20. The van der Waals surface area contributed by atoms with Gasteiger partial charge in [-0.1, -0.05) is 19.3 Å². The first-order valence-corrected chi connectivity index (χ1v) is 7.69. The molecule has 1 saturated carbocycles. The minimum Gasteiger partial charge on any atom is -0.326 e. The fourth-order valence-electron chi connectivity index (χ4n) is 3.23. The number of carbonyl (C=O) groups excluding carboxylic acids is 1. The van der Waals surface area contributed by atoms with Crippen molar-refractivity contribution in [1.29, 1.82) is 0 Å². The molecular weight excluding hydrogens is 248 g/mol. The first-order chi connectivity index (χ1) is 9.41. The van der Waals surface area contributed by atoms with Gasteiger partial charge in [0.05, 0.1) is 0 Å². The molecule has 1 fully saturated rings. The average molecular weight is 275 g/mol. The van der Waals surface area contributed by atoms with Gasteiger partial charge in [0.2, 0.25) is 0 Å². The molecule has 3 heteroatoms. The van der Waals surface area contributed by atoms with E-state index >= 15 is 0 Å². The molecule has 0 atom stereocenters. The number of carbonyl (C=O) groups is 1. The summed E-state index contributed by atoms with van der Waals surface area (Å²) >= 11 is 0.